The first kappa shape index (κ1) is 18.2. The van der Waals surface area contributed by atoms with Crippen molar-refractivity contribution in [2.75, 3.05) is 26.2 Å². The van der Waals surface area contributed by atoms with Gasteiger partial charge in [0.15, 0.2) is 11.3 Å². The molecule has 0 bridgehead atoms. The molecule has 7 heteroatoms. The number of fused-ring (bicyclic) bond motifs is 1. The summed E-state index contributed by atoms with van der Waals surface area (Å²) in [6, 6.07) is 3.58. The van der Waals surface area contributed by atoms with Crippen LogP contribution in [0.15, 0.2) is 28.9 Å². The number of rotatable bonds is 5. The van der Waals surface area contributed by atoms with Crippen molar-refractivity contribution >= 4 is 22.9 Å². The summed E-state index contributed by atoms with van der Waals surface area (Å²) < 4.78 is 5.55. The van der Waals surface area contributed by atoms with Crippen LogP contribution in [-0.4, -0.2) is 48.0 Å². The van der Waals surface area contributed by atoms with Gasteiger partial charge in [-0.3, -0.25) is 9.78 Å². The first-order chi connectivity index (χ1) is 12.6. The molecule has 0 radical (unpaired) electrons. The highest BCUT2D eigenvalue weighted by Gasteiger charge is 2.26. The molecule has 0 aliphatic carbocycles. The van der Waals surface area contributed by atoms with Gasteiger partial charge in [0, 0.05) is 37.8 Å². The fourth-order valence-electron chi connectivity index (χ4n) is 3.44. The van der Waals surface area contributed by atoms with E-state index >= 15 is 0 Å². The van der Waals surface area contributed by atoms with Gasteiger partial charge in [0.05, 0.1) is 6.20 Å². The Bertz CT molecular complexity index is 732. The van der Waals surface area contributed by atoms with Crippen LogP contribution in [0.5, 0.6) is 0 Å². The van der Waals surface area contributed by atoms with E-state index in [2.05, 4.69) is 22.5 Å². The molecule has 1 unspecified atom stereocenters. The van der Waals surface area contributed by atoms with Crippen molar-refractivity contribution in [2.45, 2.75) is 26.7 Å². The molecule has 1 aliphatic rings. The Kier molecular flexibility index (Phi) is 5.75. The molecule has 3 heterocycles. The third-order valence-corrected chi connectivity index (χ3v) is 5.09. The van der Waals surface area contributed by atoms with Crippen LogP contribution >= 0.6 is 0 Å². The molecule has 3 rings (SSSR count). The van der Waals surface area contributed by atoms with Gasteiger partial charge in [-0.05, 0) is 43.7 Å². The van der Waals surface area contributed by atoms with E-state index in [-0.39, 0.29) is 11.9 Å². The minimum absolute atomic E-state index is 0.0197. The molecule has 2 aromatic heterocycles. The predicted molar refractivity (Wildman–Crippen MR) is 98.9 cm³/mol. The van der Waals surface area contributed by atoms with Crippen LogP contribution in [0.1, 0.15) is 37.2 Å². The third-order valence-electron chi connectivity index (χ3n) is 5.09. The maximum Gasteiger partial charge on any atom is 0.317 e. The van der Waals surface area contributed by atoms with Gasteiger partial charge >= 0.3 is 6.03 Å². The quantitative estimate of drug-likeness (QED) is 0.860. The number of urea groups is 1. The van der Waals surface area contributed by atoms with Crippen molar-refractivity contribution in [3.05, 3.63) is 30.3 Å². The molecular formula is C19H26N4O3. The molecule has 1 aliphatic heterocycles. The summed E-state index contributed by atoms with van der Waals surface area (Å²) in [7, 11) is 0. The van der Waals surface area contributed by atoms with Crippen LogP contribution in [0.25, 0.3) is 11.0 Å². The van der Waals surface area contributed by atoms with Crippen molar-refractivity contribution in [3.63, 3.8) is 0 Å². The van der Waals surface area contributed by atoms with Crippen LogP contribution in [0.4, 0.5) is 4.79 Å². The summed E-state index contributed by atoms with van der Waals surface area (Å²) in [5, 5.41) is 6.68. The SMILES string of the molecule is CCNC(=O)N1CCC(C(C)CNC(=O)c2cc3ccncc3o2)CC1. The second kappa shape index (κ2) is 8.21. The van der Waals surface area contributed by atoms with E-state index in [4.69, 9.17) is 4.42 Å². The number of furan rings is 1. The van der Waals surface area contributed by atoms with Crippen LogP contribution in [0, 0.1) is 11.8 Å². The zero-order valence-electron chi connectivity index (χ0n) is 15.3. The average molecular weight is 358 g/mol. The molecule has 7 nitrogen and oxygen atoms in total. The number of aromatic nitrogens is 1. The van der Waals surface area contributed by atoms with Gasteiger partial charge in [-0.25, -0.2) is 4.79 Å². The molecule has 140 valence electrons. The average Bonchev–Trinajstić information content (AvgIpc) is 3.10. The second-order valence-corrected chi connectivity index (χ2v) is 6.87. The van der Waals surface area contributed by atoms with Crippen molar-refractivity contribution in [1.82, 2.24) is 20.5 Å². The first-order valence-electron chi connectivity index (χ1n) is 9.23. The largest absolute Gasteiger partial charge is 0.449 e. The van der Waals surface area contributed by atoms with Crippen LogP contribution in [0.3, 0.4) is 0 Å². The number of hydrogen-bond acceptors (Lipinski definition) is 4. The van der Waals surface area contributed by atoms with E-state index in [0.717, 1.165) is 31.3 Å². The standard InChI is InChI=1S/C19H26N4O3/c1-3-21-19(25)23-8-5-14(6-9-23)13(2)11-22-18(24)16-10-15-4-7-20-12-17(15)26-16/h4,7,10,12-14H,3,5-6,8-9,11H2,1-2H3,(H,21,25)(H,22,24). The number of amides is 3. The number of carbonyl (C=O) groups is 2. The normalized spacial score (nSPS) is 16.5. The Labute approximate surface area is 153 Å². The Hall–Kier alpha value is -2.57. The fraction of sp³-hybridized carbons (Fsp3) is 0.526. The minimum atomic E-state index is -0.201. The fourth-order valence-corrected chi connectivity index (χ4v) is 3.44. The smallest absolute Gasteiger partial charge is 0.317 e. The number of nitrogens with zero attached hydrogens (tertiary/aromatic N) is 2. The van der Waals surface area contributed by atoms with E-state index in [9.17, 15) is 9.59 Å². The lowest BCUT2D eigenvalue weighted by Gasteiger charge is -2.34. The summed E-state index contributed by atoms with van der Waals surface area (Å²) in [6.07, 6.45) is 5.21. The van der Waals surface area contributed by atoms with Gasteiger partial charge in [0.1, 0.15) is 0 Å². The lowest BCUT2D eigenvalue weighted by Crippen LogP contribution is -2.45. The summed E-state index contributed by atoms with van der Waals surface area (Å²) in [4.78, 5) is 30.1. The number of pyridine rings is 1. The van der Waals surface area contributed by atoms with E-state index in [1.165, 1.54) is 0 Å². The highest BCUT2D eigenvalue weighted by Crippen LogP contribution is 2.25. The van der Waals surface area contributed by atoms with Crippen LogP contribution < -0.4 is 10.6 Å². The van der Waals surface area contributed by atoms with Crippen molar-refractivity contribution in [3.8, 4) is 0 Å². The molecule has 2 N–H and O–H groups in total. The Balaban J connectivity index is 1.47. The molecule has 0 saturated carbocycles. The van der Waals surface area contributed by atoms with Crippen molar-refractivity contribution < 1.29 is 14.0 Å². The van der Waals surface area contributed by atoms with E-state index in [1.807, 2.05) is 17.9 Å². The zero-order chi connectivity index (χ0) is 18.5. The number of piperidine rings is 1. The number of likely N-dealkylation sites (tertiary alicyclic amines) is 1. The Morgan fingerprint density at radius 1 is 1.35 bits per heavy atom. The van der Waals surface area contributed by atoms with E-state index in [1.54, 1.807) is 18.5 Å². The molecule has 1 atom stereocenters. The third kappa shape index (κ3) is 4.15. The topological polar surface area (TPSA) is 87.5 Å². The van der Waals surface area contributed by atoms with Gasteiger partial charge in [-0.1, -0.05) is 6.92 Å². The van der Waals surface area contributed by atoms with Gasteiger partial charge in [-0.2, -0.15) is 0 Å². The monoisotopic (exact) mass is 358 g/mol. The number of nitrogens with one attached hydrogen (secondary N) is 2. The van der Waals surface area contributed by atoms with Crippen LogP contribution in [0.2, 0.25) is 0 Å². The minimum Gasteiger partial charge on any atom is -0.449 e. The van der Waals surface area contributed by atoms with Crippen molar-refractivity contribution in [2.24, 2.45) is 11.8 Å². The predicted octanol–water partition coefficient (Wildman–Crippen LogP) is 2.64. The first-order valence-corrected chi connectivity index (χ1v) is 9.23. The zero-order valence-corrected chi connectivity index (χ0v) is 15.3. The summed E-state index contributed by atoms with van der Waals surface area (Å²) in [6.45, 7) is 6.86. The van der Waals surface area contributed by atoms with E-state index in [0.29, 0.717) is 36.3 Å². The Morgan fingerprint density at radius 3 is 2.81 bits per heavy atom. The summed E-state index contributed by atoms with van der Waals surface area (Å²) in [5.74, 6) is 0.960. The molecule has 3 amide bonds. The summed E-state index contributed by atoms with van der Waals surface area (Å²) in [5.41, 5.74) is 0.614. The van der Waals surface area contributed by atoms with Gasteiger partial charge in [-0.15, -0.1) is 0 Å². The summed E-state index contributed by atoms with van der Waals surface area (Å²) >= 11 is 0. The molecular weight excluding hydrogens is 332 g/mol. The molecule has 1 saturated heterocycles. The maximum atomic E-state index is 12.3. The molecule has 26 heavy (non-hydrogen) atoms. The highest BCUT2D eigenvalue weighted by molar-refractivity contribution is 5.95. The molecule has 0 spiro atoms. The number of hydrogen-bond donors (Lipinski definition) is 2. The van der Waals surface area contributed by atoms with Crippen molar-refractivity contribution in [1.29, 1.82) is 0 Å². The van der Waals surface area contributed by atoms with Crippen LogP contribution in [-0.2, 0) is 0 Å². The van der Waals surface area contributed by atoms with Gasteiger partial charge < -0.3 is 20.0 Å². The molecule has 1 fully saturated rings. The maximum absolute atomic E-state index is 12.3. The van der Waals surface area contributed by atoms with E-state index < -0.39 is 0 Å². The molecule has 2 aromatic rings. The lowest BCUT2D eigenvalue weighted by molar-refractivity contribution is 0.0911. The Morgan fingerprint density at radius 2 is 2.12 bits per heavy atom. The van der Waals surface area contributed by atoms with Gasteiger partial charge in [0.2, 0.25) is 0 Å². The lowest BCUT2D eigenvalue weighted by atomic mass is 9.85. The second-order valence-electron chi connectivity index (χ2n) is 6.87. The number of carbonyl (C=O) groups excluding carboxylic acids is 2. The molecule has 0 aromatic carbocycles. The highest BCUT2D eigenvalue weighted by atomic mass is 16.3. The van der Waals surface area contributed by atoms with Gasteiger partial charge in [0.25, 0.3) is 5.91 Å².